The van der Waals surface area contributed by atoms with E-state index in [-0.39, 0.29) is 0 Å². The van der Waals surface area contributed by atoms with Crippen molar-refractivity contribution in [2.24, 2.45) is 18.7 Å². The van der Waals surface area contributed by atoms with Crippen molar-refractivity contribution in [2.75, 3.05) is 6.54 Å². The maximum atomic E-state index is 5.58. The van der Waals surface area contributed by atoms with Gasteiger partial charge in [-0.2, -0.15) is 5.10 Å². The predicted octanol–water partition coefficient (Wildman–Crippen LogP) is 1.12. The molecule has 1 atom stereocenters. The molecular weight excluding hydrogens is 162 g/mol. The van der Waals surface area contributed by atoms with Crippen LogP contribution in [-0.2, 0) is 19.9 Å². The summed E-state index contributed by atoms with van der Waals surface area (Å²) in [6.07, 6.45) is 2.03. The first-order valence-corrected chi connectivity index (χ1v) is 4.89. The van der Waals surface area contributed by atoms with Crippen LogP contribution in [0.4, 0.5) is 0 Å². The third-order valence-corrected chi connectivity index (χ3v) is 2.35. The third kappa shape index (κ3) is 2.56. The highest BCUT2D eigenvalue weighted by Gasteiger charge is 2.07. The molecule has 0 saturated carbocycles. The molecular formula is C10H19N3. The number of hydrogen-bond donors (Lipinski definition) is 1. The van der Waals surface area contributed by atoms with Gasteiger partial charge in [-0.1, -0.05) is 13.8 Å². The molecule has 0 aromatic carbocycles. The smallest absolute Gasteiger partial charge is 0.0624 e. The van der Waals surface area contributed by atoms with Gasteiger partial charge in [-0.25, -0.2) is 0 Å². The summed E-state index contributed by atoms with van der Waals surface area (Å²) in [4.78, 5) is 0. The lowest BCUT2D eigenvalue weighted by atomic mass is 10.1. The Hall–Kier alpha value is -0.830. The van der Waals surface area contributed by atoms with E-state index in [9.17, 15) is 0 Å². The summed E-state index contributed by atoms with van der Waals surface area (Å²) in [6, 6.07) is 2.17. The molecule has 0 aliphatic heterocycles. The van der Waals surface area contributed by atoms with Crippen LogP contribution in [-0.4, -0.2) is 16.3 Å². The van der Waals surface area contributed by atoms with Gasteiger partial charge in [-0.15, -0.1) is 0 Å². The van der Waals surface area contributed by atoms with Gasteiger partial charge < -0.3 is 5.73 Å². The zero-order valence-electron chi connectivity index (χ0n) is 8.75. The van der Waals surface area contributed by atoms with Crippen LogP contribution in [0.15, 0.2) is 6.07 Å². The number of aromatic nitrogens is 2. The van der Waals surface area contributed by atoms with Crippen molar-refractivity contribution < 1.29 is 0 Å². The van der Waals surface area contributed by atoms with Crippen molar-refractivity contribution in [1.82, 2.24) is 9.78 Å². The summed E-state index contributed by atoms with van der Waals surface area (Å²) in [6.45, 7) is 5.03. The normalized spacial score (nSPS) is 13.2. The van der Waals surface area contributed by atoms with Crippen LogP contribution in [0.25, 0.3) is 0 Å². The molecule has 1 aromatic heterocycles. The molecule has 3 nitrogen and oxygen atoms in total. The molecule has 1 heterocycles. The summed E-state index contributed by atoms with van der Waals surface area (Å²) in [5.74, 6) is 0.542. The summed E-state index contributed by atoms with van der Waals surface area (Å²) < 4.78 is 1.96. The van der Waals surface area contributed by atoms with Crippen molar-refractivity contribution in [3.05, 3.63) is 17.5 Å². The molecule has 0 fully saturated rings. The zero-order chi connectivity index (χ0) is 9.84. The van der Waals surface area contributed by atoms with Gasteiger partial charge in [0.2, 0.25) is 0 Å². The lowest BCUT2D eigenvalue weighted by molar-refractivity contribution is 0.558. The summed E-state index contributed by atoms with van der Waals surface area (Å²) in [5, 5.41) is 4.39. The fourth-order valence-electron chi connectivity index (χ4n) is 1.38. The van der Waals surface area contributed by atoms with Crippen LogP contribution in [0.5, 0.6) is 0 Å². The third-order valence-electron chi connectivity index (χ3n) is 2.35. The highest BCUT2D eigenvalue weighted by molar-refractivity contribution is 5.10. The molecule has 2 N–H and O–H groups in total. The van der Waals surface area contributed by atoms with Crippen molar-refractivity contribution in [1.29, 1.82) is 0 Å². The Balaban J connectivity index is 2.70. The van der Waals surface area contributed by atoms with E-state index < -0.39 is 0 Å². The number of nitrogens with two attached hydrogens (primary N) is 1. The highest BCUT2D eigenvalue weighted by Crippen LogP contribution is 2.09. The monoisotopic (exact) mass is 181 g/mol. The van der Waals surface area contributed by atoms with Gasteiger partial charge in [-0.05, 0) is 31.4 Å². The molecule has 0 saturated heterocycles. The first-order chi connectivity index (χ1) is 6.17. The number of nitrogens with zero attached hydrogens (tertiary/aromatic N) is 2. The largest absolute Gasteiger partial charge is 0.330 e. The molecule has 0 bridgehead atoms. The van der Waals surface area contributed by atoms with Gasteiger partial charge in [0.25, 0.3) is 0 Å². The Bertz CT molecular complexity index is 265. The fraction of sp³-hybridized carbons (Fsp3) is 0.700. The van der Waals surface area contributed by atoms with E-state index in [1.165, 1.54) is 11.4 Å². The Labute approximate surface area is 79.9 Å². The lowest BCUT2D eigenvalue weighted by Gasteiger charge is -2.07. The molecule has 0 aliphatic rings. The molecule has 1 aromatic rings. The van der Waals surface area contributed by atoms with Crippen LogP contribution in [0, 0.1) is 5.92 Å². The second-order valence-electron chi connectivity index (χ2n) is 3.65. The van der Waals surface area contributed by atoms with Gasteiger partial charge >= 0.3 is 0 Å². The van der Waals surface area contributed by atoms with E-state index >= 15 is 0 Å². The van der Waals surface area contributed by atoms with Gasteiger partial charge in [0.1, 0.15) is 0 Å². The maximum absolute atomic E-state index is 5.58. The Morgan fingerprint density at radius 1 is 1.62 bits per heavy atom. The number of hydrogen-bond acceptors (Lipinski definition) is 2. The van der Waals surface area contributed by atoms with Crippen molar-refractivity contribution >= 4 is 0 Å². The Morgan fingerprint density at radius 2 is 2.31 bits per heavy atom. The van der Waals surface area contributed by atoms with E-state index in [1.54, 1.807) is 0 Å². The summed E-state index contributed by atoms with van der Waals surface area (Å²) in [7, 11) is 2.00. The first-order valence-electron chi connectivity index (χ1n) is 4.89. The summed E-state index contributed by atoms with van der Waals surface area (Å²) in [5.41, 5.74) is 8.03. The topological polar surface area (TPSA) is 43.8 Å². The minimum absolute atomic E-state index is 0.542. The molecule has 74 valence electrons. The standard InChI is InChI=1S/C10H19N3/c1-4-9-6-10(13(3)12-9)5-8(2)7-11/h6,8H,4-5,7,11H2,1-3H3. The van der Waals surface area contributed by atoms with Crippen LogP contribution in [0.2, 0.25) is 0 Å². The van der Waals surface area contributed by atoms with Crippen molar-refractivity contribution in [3.63, 3.8) is 0 Å². The first kappa shape index (κ1) is 10.3. The van der Waals surface area contributed by atoms with E-state index in [4.69, 9.17) is 5.73 Å². The van der Waals surface area contributed by atoms with Crippen LogP contribution in [0.3, 0.4) is 0 Å². The fourth-order valence-corrected chi connectivity index (χ4v) is 1.38. The SMILES string of the molecule is CCc1cc(CC(C)CN)n(C)n1. The Kier molecular flexibility index (Phi) is 3.48. The van der Waals surface area contributed by atoms with Crippen LogP contribution >= 0.6 is 0 Å². The highest BCUT2D eigenvalue weighted by atomic mass is 15.3. The zero-order valence-corrected chi connectivity index (χ0v) is 8.75. The summed E-state index contributed by atoms with van der Waals surface area (Å²) >= 11 is 0. The molecule has 1 rings (SSSR count). The molecule has 0 amide bonds. The lowest BCUT2D eigenvalue weighted by Crippen LogP contribution is -2.14. The molecule has 13 heavy (non-hydrogen) atoms. The van der Waals surface area contributed by atoms with Gasteiger partial charge in [-0.3, -0.25) is 4.68 Å². The van der Waals surface area contributed by atoms with Crippen molar-refractivity contribution in [2.45, 2.75) is 26.7 Å². The molecule has 0 radical (unpaired) electrons. The minimum Gasteiger partial charge on any atom is -0.330 e. The second kappa shape index (κ2) is 4.42. The van der Waals surface area contributed by atoms with Crippen molar-refractivity contribution in [3.8, 4) is 0 Å². The van der Waals surface area contributed by atoms with Crippen LogP contribution < -0.4 is 5.73 Å². The minimum atomic E-state index is 0.542. The van der Waals surface area contributed by atoms with E-state index in [0.29, 0.717) is 5.92 Å². The van der Waals surface area contributed by atoms with E-state index in [0.717, 1.165) is 19.4 Å². The van der Waals surface area contributed by atoms with E-state index in [2.05, 4.69) is 25.0 Å². The quantitative estimate of drug-likeness (QED) is 0.756. The maximum Gasteiger partial charge on any atom is 0.0624 e. The average molecular weight is 181 g/mol. The Morgan fingerprint density at radius 3 is 2.77 bits per heavy atom. The van der Waals surface area contributed by atoms with Gasteiger partial charge in [0, 0.05) is 12.7 Å². The average Bonchev–Trinajstić information content (AvgIpc) is 2.47. The number of aryl methyl sites for hydroxylation is 2. The predicted molar refractivity (Wildman–Crippen MR) is 54.5 cm³/mol. The molecule has 0 aliphatic carbocycles. The van der Waals surface area contributed by atoms with Crippen LogP contribution in [0.1, 0.15) is 25.2 Å². The van der Waals surface area contributed by atoms with Gasteiger partial charge in [0.15, 0.2) is 0 Å². The molecule has 1 unspecified atom stereocenters. The van der Waals surface area contributed by atoms with Gasteiger partial charge in [0.05, 0.1) is 5.69 Å². The molecule has 3 heteroatoms. The molecule has 0 spiro atoms. The van der Waals surface area contributed by atoms with E-state index in [1.807, 2.05) is 11.7 Å². The number of rotatable bonds is 4. The second-order valence-corrected chi connectivity index (χ2v) is 3.65.